The van der Waals surface area contributed by atoms with Gasteiger partial charge in [0.25, 0.3) is 0 Å². The van der Waals surface area contributed by atoms with Gasteiger partial charge in [0.1, 0.15) is 11.7 Å². The predicted octanol–water partition coefficient (Wildman–Crippen LogP) is 2.68. The normalized spacial score (nSPS) is 24.2. The van der Waals surface area contributed by atoms with Crippen LogP contribution < -0.4 is 9.47 Å². The monoisotopic (exact) mass is 400 g/mol. The van der Waals surface area contributed by atoms with Gasteiger partial charge >= 0.3 is 17.9 Å². The maximum Gasteiger partial charge on any atom is 0.456 e. The molecule has 0 saturated carbocycles. The van der Waals surface area contributed by atoms with E-state index in [4.69, 9.17) is 14.2 Å². The average molecular weight is 400 g/mol. The van der Waals surface area contributed by atoms with Gasteiger partial charge in [0, 0.05) is 17.2 Å². The number of nitrogens with zero attached hydrogens (tertiary/aromatic N) is 1. The molecule has 152 valence electrons. The number of carbonyl (C=O) groups excluding carboxylic acids is 1. The molecule has 0 bridgehead atoms. The van der Waals surface area contributed by atoms with Crippen LogP contribution in [-0.2, 0) is 9.53 Å². The number of methoxy groups -OCH3 is 1. The number of esters is 1. The lowest BCUT2D eigenvalue weighted by Crippen LogP contribution is -2.62. The van der Waals surface area contributed by atoms with Gasteiger partial charge < -0.3 is 19.3 Å². The molecule has 2 heterocycles. The van der Waals surface area contributed by atoms with E-state index in [1.165, 1.54) is 26.2 Å². The zero-order valence-electron chi connectivity index (χ0n) is 15.3. The first kappa shape index (κ1) is 20.0. The van der Waals surface area contributed by atoms with E-state index in [9.17, 15) is 23.1 Å². The second kappa shape index (κ2) is 7.01. The summed E-state index contributed by atoms with van der Waals surface area (Å²) in [5, 5.41) is 16.8. The molecule has 0 fully saturated rings. The van der Waals surface area contributed by atoms with Crippen LogP contribution in [0.4, 0.5) is 13.2 Å². The second-order valence-electron chi connectivity index (χ2n) is 6.34. The molecular weight excluding hydrogens is 381 g/mol. The number of fused-ring (bicyclic) bond motifs is 1. The standard InChI is InChI=1S/C18H19F3N2O5/c1-4-27-16(24)14-13(10-5-7-11(26-3)8-6-10)12-9(2)22-23-15(12)28-17(14,25)18(19,20)21/h5-8,13-14,25H,4H2,1-3H3,(H,22,23)/t13-,14-,17?/m0/s1. The van der Waals surface area contributed by atoms with Gasteiger partial charge in [0.15, 0.2) is 0 Å². The summed E-state index contributed by atoms with van der Waals surface area (Å²) in [6.07, 6.45) is -5.28. The van der Waals surface area contributed by atoms with E-state index in [0.717, 1.165) is 0 Å². The Morgan fingerprint density at radius 2 is 2.00 bits per heavy atom. The van der Waals surface area contributed by atoms with Crippen molar-refractivity contribution >= 4 is 5.97 Å². The molecular formula is C18H19F3N2O5. The Morgan fingerprint density at radius 3 is 2.54 bits per heavy atom. The van der Waals surface area contributed by atoms with Crippen molar-refractivity contribution in [3.8, 4) is 11.6 Å². The number of nitrogens with one attached hydrogen (secondary N) is 1. The summed E-state index contributed by atoms with van der Waals surface area (Å²) in [6.45, 7) is 2.90. The second-order valence-corrected chi connectivity index (χ2v) is 6.34. The Hall–Kier alpha value is -2.75. The minimum absolute atomic E-state index is 0.157. The number of H-pyrrole nitrogens is 1. The fraction of sp³-hybridized carbons (Fsp3) is 0.444. The number of aryl methyl sites for hydroxylation is 1. The predicted molar refractivity (Wildman–Crippen MR) is 89.9 cm³/mol. The molecule has 0 radical (unpaired) electrons. The van der Waals surface area contributed by atoms with Gasteiger partial charge in [0.2, 0.25) is 5.88 Å². The molecule has 0 saturated heterocycles. The zero-order valence-corrected chi connectivity index (χ0v) is 15.3. The van der Waals surface area contributed by atoms with Crippen molar-refractivity contribution in [2.45, 2.75) is 31.7 Å². The highest BCUT2D eigenvalue weighted by atomic mass is 19.4. The zero-order chi connectivity index (χ0) is 20.7. The number of rotatable bonds is 4. The minimum atomic E-state index is -5.28. The Morgan fingerprint density at radius 1 is 1.36 bits per heavy atom. The largest absolute Gasteiger partial charge is 0.497 e. The Bertz CT molecular complexity index is 865. The van der Waals surface area contributed by atoms with Gasteiger partial charge in [0.05, 0.1) is 13.7 Å². The highest BCUT2D eigenvalue weighted by molar-refractivity contribution is 5.77. The van der Waals surface area contributed by atoms with Gasteiger partial charge in [-0.25, -0.2) is 0 Å². The number of ether oxygens (including phenoxy) is 3. The van der Waals surface area contributed by atoms with Crippen molar-refractivity contribution in [3.05, 3.63) is 41.1 Å². The number of alkyl halides is 3. The van der Waals surface area contributed by atoms with Crippen molar-refractivity contribution in [1.29, 1.82) is 0 Å². The van der Waals surface area contributed by atoms with E-state index < -0.39 is 35.6 Å². The first-order valence-corrected chi connectivity index (χ1v) is 8.47. The van der Waals surface area contributed by atoms with Crippen LogP contribution in [0.5, 0.6) is 11.6 Å². The number of benzene rings is 1. The molecule has 3 atom stereocenters. The summed E-state index contributed by atoms with van der Waals surface area (Å²) in [4.78, 5) is 12.6. The van der Waals surface area contributed by atoms with Gasteiger partial charge in [-0.3, -0.25) is 9.89 Å². The van der Waals surface area contributed by atoms with Crippen molar-refractivity contribution < 1.29 is 37.3 Å². The third-order valence-corrected chi connectivity index (χ3v) is 4.70. The van der Waals surface area contributed by atoms with Crippen LogP contribution in [0.25, 0.3) is 0 Å². The number of hydrogen-bond acceptors (Lipinski definition) is 6. The van der Waals surface area contributed by atoms with Gasteiger partial charge in [-0.2, -0.15) is 13.2 Å². The van der Waals surface area contributed by atoms with E-state index in [1.807, 2.05) is 0 Å². The first-order chi connectivity index (χ1) is 13.1. The molecule has 1 aliphatic rings. The minimum Gasteiger partial charge on any atom is -0.497 e. The highest BCUT2D eigenvalue weighted by Crippen LogP contribution is 2.53. The van der Waals surface area contributed by atoms with Crippen molar-refractivity contribution in [3.63, 3.8) is 0 Å². The van der Waals surface area contributed by atoms with Gasteiger partial charge in [-0.1, -0.05) is 12.1 Å². The Labute approximate surface area is 158 Å². The van der Waals surface area contributed by atoms with E-state index in [1.54, 1.807) is 19.1 Å². The van der Waals surface area contributed by atoms with Crippen LogP contribution in [0, 0.1) is 12.8 Å². The summed E-state index contributed by atoms with van der Waals surface area (Å²) in [5.74, 6) is -8.27. The average Bonchev–Trinajstić information content (AvgIpc) is 3.00. The quantitative estimate of drug-likeness (QED) is 0.767. The summed E-state index contributed by atoms with van der Waals surface area (Å²) < 4.78 is 56.3. The lowest BCUT2D eigenvalue weighted by molar-refractivity contribution is -0.359. The number of aromatic nitrogens is 2. The van der Waals surface area contributed by atoms with E-state index >= 15 is 0 Å². The lowest BCUT2D eigenvalue weighted by Gasteiger charge is -2.42. The molecule has 28 heavy (non-hydrogen) atoms. The molecule has 1 aliphatic heterocycles. The third-order valence-electron chi connectivity index (χ3n) is 4.70. The summed E-state index contributed by atoms with van der Waals surface area (Å²) in [5.41, 5.74) is 1.00. The Kier molecular flexibility index (Phi) is 5.00. The molecule has 0 spiro atoms. The van der Waals surface area contributed by atoms with E-state index in [-0.39, 0.29) is 12.2 Å². The number of carbonyl (C=O) groups is 1. The number of aromatic amines is 1. The summed E-state index contributed by atoms with van der Waals surface area (Å²) >= 11 is 0. The fourth-order valence-electron chi connectivity index (χ4n) is 3.40. The molecule has 2 N–H and O–H groups in total. The van der Waals surface area contributed by atoms with Gasteiger partial charge in [-0.15, -0.1) is 5.10 Å². The summed E-state index contributed by atoms with van der Waals surface area (Å²) in [6, 6.07) is 6.14. The molecule has 1 aromatic heterocycles. The van der Waals surface area contributed by atoms with E-state index in [0.29, 0.717) is 17.0 Å². The summed E-state index contributed by atoms with van der Waals surface area (Å²) in [7, 11) is 1.45. The van der Waals surface area contributed by atoms with Crippen molar-refractivity contribution in [1.82, 2.24) is 10.2 Å². The molecule has 0 aliphatic carbocycles. The van der Waals surface area contributed by atoms with Crippen LogP contribution in [0.3, 0.4) is 0 Å². The van der Waals surface area contributed by atoms with Crippen LogP contribution in [-0.4, -0.2) is 47.0 Å². The number of hydrogen-bond donors (Lipinski definition) is 2. The first-order valence-electron chi connectivity index (χ1n) is 8.47. The fourth-order valence-corrected chi connectivity index (χ4v) is 3.40. The molecule has 1 aromatic carbocycles. The maximum atomic E-state index is 13.8. The van der Waals surface area contributed by atoms with Crippen LogP contribution in [0.15, 0.2) is 24.3 Å². The van der Waals surface area contributed by atoms with Gasteiger partial charge in [-0.05, 0) is 31.5 Å². The van der Waals surface area contributed by atoms with Crippen LogP contribution in [0.1, 0.15) is 29.7 Å². The third kappa shape index (κ3) is 3.07. The Balaban J connectivity index is 2.25. The number of aliphatic hydroxyl groups is 1. The molecule has 3 rings (SSSR count). The van der Waals surface area contributed by atoms with Crippen molar-refractivity contribution in [2.24, 2.45) is 5.92 Å². The van der Waals surface area contributed by atoms with Crippen LogP contribution >= 0.6 is 0 Å². The molecule has 10 heteroatoms. The SMILES string of the molecule is CCOC(=O)[C@@H]1[C@@H](c2ccc(OC)cc2)c2c(n[nH]c2C)OC1(O)C(F)(F)F. The molecule has 1 unspecified atom stereocenters. The molecule has 0 amide bonds. The molecule has 7 nitrogen and oxygen atoms in total. The van der Waals surface area contributed by atoms with E-state index in [2.05, 4.69) is 10.2 Å². The lowest BCUT2D eigenvalue weighted by atomic mass is 9.74. The smallest absolute Gasteiger partial charge is 0.456 e. The van der Waals surface area contributed by atoms with Crippen LogP contribution in [0.2, 0.25) is 0 Å². The number of halogens is 3. The van der Waals surface area contributed by atoms with Crippen molar-refractivity contribution in [2.75, 3.05) is 13.7 Å². The maximum absolute atomic E-state index is 13.8. The molecule has 2 aromatic rings. The highest BCUT2D eigenvalue weighted by Gasteiger charge is 2.69. The topological polar surface area (TPSA) is 93.7 Å².